The maximum atomic E-state index is 6.51. The van der Waals surface area contributed by atoms with Gasteiger partial charge in [-0.05, 0) is 107 Å². The quantitative estimate of drug-likeness (QED) is 0.173. The molecule has 0 atom stereocenters. The molecule has 7 nitrogen and oxygen atoms in total. The molecule has 2 aromatic heterocycles. The molecule has 0 amide bonds. The second-order valence-corrected chi connectivity index (χ2v) is 14.5. The van der Waals surface area contributed by atoms with Gasteiger partial charge in [0.2, 0.25) is 0 Å². The van der Waals surface area contributed by atoms with Gasteiger partial charge in [0, 0.05) is 27.5 Å². The van der Waals surface area contributed by atoms with Crippen LogP contribution in [0, 0.1) is 0 Å². The van der Waals surface area contributed by atoms with E-state index in [2.05, 4.69) is 60.7 Å². The van der Waals surface area contributed by atoms with Crippen LogP contribution in [0.2, 0.25) is 0 Å². The zero-order chi connectivity index (χ0) is 38.9. The van der Waals surface area contributed by atoms with E-state index in [4.69, 9.17) is 33.3 Å². The lowest BCUT2D eigenvalue weighted by atomic mass is 9.94. The second-order valence-electron chi connectivity index (χ2n) is 14.5. The highest BCUT2D eigenvalue weighted by Crippen LogP contribution is 2.49. The van der Waals surface area contributed by atoms with E-state index < -0.39 is 0 Å². The summed E-state index contributed by atoms with van der Waals surface area (Å²) < 4.78 is 31.7. The molecule has 2 aliphatic heterocycles. The molecule has 0 radical (unpaired) electrons. The van der Waals surface area contributed by atoms with Gasteiger partial charge in [-0.25, -0.2) is 9.97 Å². The first-order chi connectivity index (χ1) is 29.2. The molecule has 59 heavy (non-hydrogen) atoms. The number of benzene rings is 8. The summed E-state index contributed by atoms with van der Waals surface area (Å²) in [5.41, 5.74) is 9.63. The number of hydrogen-bond donors (Lipinski definition) is 0. The molecule has 8 aromatic carbocycles. The number of aromatic nitrogens is 2. The SMILES string of the molecule is c1ccc(-c2nc(-c3cc(-c4ccc5c(c4)Oc4ccccc4O5)cc(-c4ccc5c(c4)Oc4ccccc4O5)c3)cc(-c3cccc4c3oc3ccccc34)n2)cc1. The van der Waals surface area contributed by atoms with E-state index >= 15 is 0 Å². The van der Waals surface area contributed by atoms with Crippen LogP contribution in [0.15, 0.2) is 186 Å². The molecule has 278 valence electrons. The monoisotopic (exact) mass is 762 g/mol. The van der Waals surface area contributed by atoms with E-state index in [0.717, 1.165) is 72.3 Å². The molecular formula is C52H30N2O5. The number of hydrogen-bond acceptors (Lipinski definition) is 7. The normalized spacial score (nSPS) is 12.3. The van der Waals surface area contributed by atoms with Gasteiger partial charge in [-0.2, -0.15) is 0 Å². The zero-order valence-corrected chi connectivity index (χ0v) is 31.3. The molecule has 0 N–H and O–H groups in total. The lowest BCUT2D eigenvalue weighted by Crippen LogP contribution is -1.99. The first-order valence-electron chi connectivity index (χ1n) is 19.4. The van der Waals surface area contributed by atoms with Crippen molar-refractivity contribution in [1.29, 1.82) is 0 Å². The van der Waals surface area contributed by atoms with Crippen LogP contribution in [0.25, 0.3) is 78.1 Å². The Morgan fingerprint density at radius 2 is 0.814 bits per heavy atom. The molecule has 0 saturated heterocycles. The Kier molecular flexibility index (Phi) is 7.40. The second kappa shape index (κ2) is 13.2. The number of nitrogens with zero attached hydrogens (tertiary/aromatic N) is 2. The summed E-state index contributed by atoms with van der Waals surface area (Å²) in [5, 5.41) is 2.09. The van der Waals surface area contributed by atoms with Crippen molar-refractivity contribution >= 4 is 21.9 Å². The van der Waals surface area contributed by atoms with Gasteiger partial charge in [0.15, 0.2) is 51.8 Å². The van der Waals surface area contributed by atoms with Gasteiger partial charge >= 0.3 is 0 Å². The highest BCUT2D eigenvalue weighted by Gasteiger charge is 2.23. The van der Waals surface area contributed by atoms with E-state index in [1.54, 1.807) is 0 Å². The smallest absolute Gasteiger partial charge is 0.170 e. The number of fused-ring (bicyclic) bond motifs is 7. The van der Waals surface area contributed by atoms with Gasteiger partial charge in [-0.1, -0.05) is 97.1 Å². The summed E-state index contributed by atoms with van der Waals surface area (Å²) in [6.45, 7) is 0. The Morgan fingerprint density at radius 3 is 1.46 bits per heavy atom. The van der Waals surface area contributed by atoms with E-state index in [9.17, 15) is 0 Å². The highest BCUT2D eigenvalue weighted by molar-refractivity contribution is 6.09. The molecule has 10 aromatic rings. The van der Waals surface area contributed by atoms with Crippen molar-refractivity contribution in [3.8, 4) is 102 Å². The van der Waals surface area contributed by atoms with E-state index in [1.807, 2.05) is 121 Å². The van der Waals surface area contributed by atoms with E-state index in [1.165, 1.54) is 0 Å². The highest BCUT2D eigenvalue weighted by atomic mass is 16.6. The summed E-state index contributed by atoms with van der Waals surface area (Å²) in [6.07, 6.45) is 0. The van der Waals surface area contributed by atoms with Gasteiger partial charge in [-0.3, -0.25) is 0 Å². The standard InChI is InChI=1S/C52H30N2O5/c1-2-11-31(12-3-1)52-53-40(30-41(54-52)39-15-10-14-38-37-13-4-5-16-42(37)59-51(38)39)36-26-34(32-21-23-47-49(28-32)57-45-19-8-6-17-43(45)55-47)25-35(27-36)33-22-24-48-50(29-33)58-46-20-9-7-18-44(46)56-48/h1-30H. The molecule has 0 saturated carbocycles. The molecule has 0 bridgehead atoms. The minimum absolute atomic E-state index is 0.606. The molecular weight excluding hydrogens is 733 g/mol. The van der Waals surface area contributed by atoms with Gasteiger partial charge in [0.05, 0.1) is 11.4 Å². The Balaban J connectivity index is 1.05. The van der Waals surface area contributed by atoms with Crippen molar-refractivity contribution in [2.75, 3.05) is 0 Å². The molecule has 4 heterocycles. The predicted octanol–water partition coefficient (Wildman–Crippen LogP) is 14.5. The van der Waals surface area contributed by atoms with Crippen molar-refractivity contribution in [1.82, 2.24) is 9.97 Å². The number of ether oxygens (including phenoxy) is 4. The Hall–Kier alpha value is -8.16. The van der Waals surface area contributed by atoms with Crippen molar-refractivity contribution in [2.24, 2.45) is 0 Å². The van der Waals surface area contributed by atoms with Crippen molar-refractivity contribution in [3.63, 3.8) is 0 Å². The third kappa shape index (κ3) is 5.75. The predicted molar refractivity (Wildman–Crippen MR) is 230 cm³/mol. The van der Waals surface area contributed by atoms with Crippen molar-refractivity contribution in [2.45, 2.75) is 0 Å². The van der Waals surface area contributed by atoms with Gasteiger partial charge in [-0.15, -0.1) is 0 Å². The van der Waals surface area contributed by atoms with E-state index in [-0.39, 0.29) is 0 Å². The van der Waals surface area contributed by atoms with Crippen LogP contribution in [0.4, 0.5) is 0 Å². The van der Waals surface area contributed by atoms with Crippen LogP contribution in [-0.2, 0) is 0 Å². The first kappa shape index (κ1) is 33.0. The summed E-state index contributed by atoms with van der Waals surface area (Å²) in [7, 11) is 0. The topological polar surface area (TPSA) is 75.8 Å². The summed E-state index contributed by atoms with van der Waals surface area (Å²) in [6, 6.07) is 60.4. The van der Waals surface area contributed by atoms with Crippen LogP contribution in [-0.4, -0.2) is 9.97 Å². The van der Waals surface area contributed by atoms with Crippen LogP contribution in [0.1, 0.15) is 0 Å². The molecule has 0 unspecified atom stereocenters. The Labute approximate surface area is 338 Å². The molecule has 0 spiro atoms. The lowest BCUT2D eigenvalue weighted by Gasteiger charge is -2.22. The number of para-hydroxylation sites is 6. The third-order valence-electron chi connectivity index (χ3n) is 10.8. The fourth-order valence-corrected chi connectivity index (χ4v) is 7.92. The van der Waals surface area contributed by atoms with Crippen LogP contribution in [0.5, 0.6) is 46.0 Å². The van der Waals surface area contributed by atoms with Crippen molar-refractivity contribution < 1.29 is 23.4 Å². The maximum Gasteiger partial charge on any atom is 0.170 e. The molecule has 0 aliphatic carbocycles. The third-order valence-corrected chi connectivity index (χ3v) is 10.8. The first-order valence-corrected chi connectivity index (χ1v) is 19.4. The molecule has 2 aliphatic rings. The van der Waals surface area contributed by atoms with Gasteiger partial charge in [0.1, 0.15) is 11.2 Å². The molecule has 0 fully saturated rings. The molecule has 7 heteroatoms. The average Bonchev–Trinajstić information content (AvgIpc) is 3.69. The summed E-state index contributed by atoms with van der Waals surface area (Å²) in [5.74, 6) is 5.91. The number of rotatable bonds is 5. The lowest BCUT2D eigenvalue weighted by molar-refractivity contribution is 0.360. The average molecular weight is 763 g/mol. The number of furan rings is 1. The summed E-state index contributed by atoms with van der Waals surface area (Å²) >= 11 is 0. The summed E-state index contributed by atoms with van der Waals surface area (Å²) in [4.78, 5) is 10.4. The van der Waals surface area contributed by atoms with Crippen LogP contribution < -0.4 is 18.9 Å². The Morgan fingerprint density at radius 1 is 0.305 bits per heavy atom. The fraction of sp³-hybridized carbons (Fsp3) is 0. The molecule has 12 rings (SSSR count). The maximum absolute atomic E-state index is 6.51. The Bertz CT molecular complexity index is 3180. The van der Waals surface area contributed by atoms with Crippen LogP contribution >= 0.6 is 0 Å². The largest absolute Gasteiger partial charge is 0.455 e. The fourth-order valence-electron chi connectivity index (χ4n) is 7.92. The zero-order valence-electron chi connectivity index (χ0n) is 31.3. The minimum Gasteiger partial charge on any atom is -0.455 e. The van der Waals surface area contributed by atoms with E-state index in [0.29, 0.717) is 51.8 Å². The van der Waals surface area contributed by atoms with Crippen molar-refractivity contribution in [3.05, 3.63) is 182 Å². The van der Waals surface area contributed by atoms with Crippen LogP contribution in [0.3, 0.4) is 0 Å². The van der Waals surface area contributed by atoms with Gasteiger partial charge < -0.3 is 23.4 Å². The minimum atomic E-state index is 0.606. The van der Waals surface area contributed by atoms with Gasteiger partial charge in [0.25, 0.3) is 0 Å².